The van der Waals surface area contributed by atoms with Gasteiger partial charge < -0.3 is 11.1 Å². The maximum Gasteiger partial charge on any atom is 0.219 e. The molecule has 0 aliphatic heterocycles. The van der Waals surface area contributed by atoms with E-state index in [2.05, 4.69) is 10.4 Å². The van der Waals surface area contributed by atoms with Crippen molar-refractivity contribution in [1.82, 2.24) is 15.1 Å². The van der Waals surface area contributed by atoms with Crippen LogP contribution in [0.3, 0.4) is 0 Å². The average Bonchev–Trinajstić information content (AvgIpc) is 2.64. The first-order valence-corrected chi connectivity index (χ1v) is 5.21. The topological polar surface area (TPSA) is 72.9 Å². The van der Waals surface area contributed by atoms with E-state index in [4.69, 9.17) is 5.73 Å². The first-order chi connectivity index (χ1) is 7.17. The quantitative estimate of drug-likeness (QED) is 0.715. The molecule has 0 aromatic carbocycles. The number of nitrogens with two attached hydrogens (primary N) is 1. The summed E-state index contributed by atoms with van der Waals surface area (Å²) in [5.41, 5.74) is 6.21. The number of amides is 1. The van der Waals surface area contributed by atoms with Crippen molar-refractivity contribution in [3.63, 3.8) is 0 Å². The molecule has 0 saturated heterocycles. The molecule has 0 saturated carbocycles. The molecule has 0 radical (unpaired) electrons. The molecule has 1 atom stereocenters. The largest absolute Gasteiger partial charge is 0.370 e. The molecule has 0 fully saturated rings. The van der Waals surface area contributed by atoms with Crippen LogP contribution in [-0.2, 0) is 11.3 Å². The smallest absolute Gasteiger partial charge is 0.219 e. The fraction of sp³-hybridized carbons (Fsp3) is 0.600. The van der Waals surface area contributed by atoms with E-state index in [1.54, 1.807) is 6.20 Å². The van der Waals surface area contributed by atoms with Crippen molar-refractivity contribution in [1.29, 1.82) is 0 Å². The average molecular weight is 210 g/mol. The third-order valence-corrected chi connectivity index (χ3v) is 2.24. The molecule has 5 nitrogen and oxygen atoms in total. The molecule has 0 bridgehead atoms. The van der Waals surface area contributed by atoms with Crippen LogP contribution in [0.2, 0.25) is 0 Å². The summed E-state index contributed by atoms with van der Waals surface area (Å²) >= 11 is 0. The predicted molar refractivity (Wildman–Crippen MR) is 58.1 cm³/mol. The van der Waals surface area contributed by atoms with Crippen LogP contribution in [0.1, 0.15) is 31.9 Å². The van der Waals surface area contributed by atoms with E-state index in [1.807, 2.05) is 24.7 Å². The minimum absolute atomic E-state index is 0.0206. The number of nitrogens with one attached hydrogen (secondary N) is 1. The van der Waals surface area contributed by atoms with Crippen molar-refractivity contribution in [3.05, 3.63) is 18.0 Å². The zero-order chi connectivity index (χ0) is 11.3. The van der Waals surface area contributed by atoms with E-state index in [1.165, 1.54) is 0 Å². The highest BCUT2D eigenvalue weighted by atomic mass is 16.1. The number of hydrogen-bond acceptors (Lipinski definition) is 3. The molecule has 1 amide bonds. The van der Waals surface area contributed by atoms with Gasteiger partial charge in [0.2, 0.25) is 5.91 Å². The monoisotopic (exact) mass is 210 g/mol. The molecular weight excluding hydrogens is 192 g/mol. The van der Waals surface area contributed by atoms with Gasteiger partial charge in [0.15, 0.2) is 0 Å². The van der Waals surface area contributed by atoms with Crippen molar-refractivity contribution >= 4 is 5.91 Å². The van der Waals surface area contributed by atoms with E-state index < -0.39 is 0 Å². The van der Waals surface area contributed by atoms with Gasteiger partial charge in [0.1, 0.15) is 0 Å². The SMILES string of the molecule is CCNC(CC(N)=O)c1cnn(CC)c1. The Morgan fingerprint density at radius 1 is 1.67 bits per heavy atom. The first kappa shape index (κ1) is 11.7. The van der Waals surface area contributed by atoms with Crippen LogP contribution in [0.4, 0.5) is 0 Å². The summed E-state index contributed by atoms with van der Waals surface area (Å²) in [6, 6.07) is -0.0206. The highest BCUT2D eigenvalue weighted by Crippen LogP contribution is 2.15. The molecule has 1 rings (SSSR count). The molecule has 1 aromatic heterocycles. The lowest BCUT2D eigenvalue weighted by Crippen LogP contribution is -2.26. The van der Waals surface area contributed by atoms with Gasteiger partial charge in [-0.15, -0.1) is 0 Å². The minimum atomic E-state index is -0.301. The van der Waals surface area contributed by atoms with Crippen LogP contribution in [0.25, 0.3) is 0 Å². The summed E-state index contributed by atoms with van der Waals surface area (Å²) in [4.78, 5) is 10.9. The lowest BCUT2D eigenvalue weighted by molar-refractivity contribution is -0.118. The number of primary amides is 1. The van der Waals surface area contributed by atoms with Gasteiger partial charge in [-0.25, -0.2) is 0 Å². The van der Waals surface area contributed by atoms with Crippen molar-refractivity contribution in [2.24, 2.45) is 5.73 Å². The first-order valence-electron chi connectivity index (χ1n) is 5.21. The molecule has 1 aromatic rings. The summed E-state index contributed by atoms with van der Waals surface area (Å²) in [6.45, 7) is 5.65. The number of aryl methyl sites for hydroxylation is 1. The molecular formula is C10H18N4O. The van der Waals surface area contributed by atoms with Gasteiger partial charge in [-0.1, -0.05) is 6.92 Å². The van der Waals surface area contributed by atoms with Crippen LogP contribution in [0.5, 0.6) is 0 Å². The molecule has 1 unspecified atom stereocenters. The Morgan fingerprint density at radius 3 is 2.87 bits per heavy atom. The fourth-order valence-corrected chi connectivity index (χ4v) is 1.49. The molecule has 3 N–H and O–H groups in total. The van der Waals surface area contributed by atoms with Gasteiger partial charge in [0, 0.05) is 30.8 Å². The normalized spacial score (nSPS) is 12.7. The van der Waals surface area contributed by atoms with Gasteiger partial charge in [-0.3, -0.25) is 9.48 Å². The van der Waals surface area contributed by atoms with E-state index in [9.17, 15) is 4.79 Å². The summed E-state index contributed by atoms with van der Waals surface area (Å²) in [5, 5.41) is 7.38. The van der Waals surface area contributed by atoms with E-state index >= 15 is 0 Å². The number of rotatable bonds is 6. The van der Waals surface area contributed by atoms with Crippen LogP contribution in [-0.4, -0.2) is 22.2 Å². The number of aromatic nitrogens is 2. The van der Waals surface area contributed by atoms with Gasteiger partial charge in [-0.2, -0.15) is 5.10 Å². The molecule has 0 aliphatic carbocycles. The van der Waals surface area contributed by atoms with Gasteiger partial charge in [0.05, 0.1) is 6.20 Å². The Kier molecular flexibility index (Phi) is 4.30. The second-order valence-corrected chi connectivity index (χ2v) is 3.41. The van der Waals surface area contributed by atoms with Crippen LogP contribution < -0.4 is 11.1 Å². The lowest BCUT2D eigenvalue weighted by atomic mass is 10.1. The summed E-state index contributed by atoms with van der Waals surface area (Å²) in [6.07, 6.45) is 4.03. The van der Waals surface area contributed by atoms with Crippen molar-refractivity contribution < 1.29 is 4.79 Å². The van der Waals surface area contributed by atoms with Gasteiger partial charge in [0.25, 0.3) is 0 Å². The molecule has 0 aliphatic rings. The van der Waals surface area contributed by atoms with Crippen LogP contribution in [0, 0.1) is 0 Å². The van der Waals surface area contributed by atoms with Gasteiger partial charge >= 0.3 is 0 Å². The predicted octanol–water partition coefficient (Wildman–Crippen LogP) is 0.429. The molecule has 5 heteroatoms. The van der Waals surface area contributed by atoms with Crippen molar-refractivity contribution in [3.8, 4) is 0 Å². The Labute approximate surface area is 89.6 Å². The molecule has 84 valence electrons. The number of hydrogen-bond donors (Lipinski definition) is 2. The zero-order valence-electron chi connectivity index (χ0n) is 9.23. The highest BCUT2D eigenvalue weighted by molar-refractivity contribution is 5.74. The van der Waals surface area contributed by atoms with E-state index in [-0.39, 0.29) is 11.9 Å². The summed E-state index contributed by atoms with van der Waals surface area (Å²) in [5.74, 6) is -0.301. The third-order valence-electron chi connectivity index (χ3n) is 2.24. The van der Waals surface area contributed by atoms with E-state index in [0.29, 0.717) is 6.42 Å². The number of carbonyl (C=O) groups excluding carboxylic acids is 1. The third kappa shape index (κ3) is 3.36. The maximum absolute atomic E-state index is 10.9. The van der Waals surface area contributed by atoms with Crippen molar-refractivity contribution in [2.45, 2.75) is 32.9 Å². The number of nitrogens with zero attached hydrogens (tertiary/aromatic N) is 2. The summed E-state index contributed by atoms with van der Waals surface area (Å²) < 4.78 is 1.83. The highest BCUT2D eigenvalue weighted by Gasteiger charge is 2.14. The van der Waals surface area contributed by atoms with E-state index in [0.717, 1.165) is 18.7 Å². The second kappa shape index (κ2) is 5.50. The maximum atomic E-state index is 10.9. The van der Waals surface area contributed by atoms with Crippen LogP contribution in [0.15, 0.2) is 12.4 Å². The Bertz CT molecular complexity index is 321. The second-order valence-electron chi connectivity index (χ2n) is 3.41. The lowest BCUT2D eigenvalue weighted by Gasteiger charge is -2.13. The van der Waals surface area contributed by atoms with Crippen LogP contribution >= 0.6 is 0 Å². The standard InChI is InChI=1S/C10H18N4O/c1-3-12-9(5-10(11)15)8-6-13-14(4-2)7-8/h6-7,9,12H,3-5H2,1-2H3,(H2,11,15). The summed E-state index contributed by atoms with van der Waals surface area (Å²) in [7, 11) is 0. The minimum Gasteiger partial charge on any atom is -0.370 e. The Balaban J connectivity index is 2.73. The fourth-order valence-electron chi connectivity index (χ4n) is 1.49. The molecule has 0 spiro atoms. The number of carbonyl (C=O) groups is 1. The van der Waals surface area contributed by atoms with Crippen molar-refractivity contribution in [2.75, 3.05) is 6.54 Å². The van der Waals surface area contributed by atoms with Gasteiger partial charge in [-0.05, 0) is 13.5 Å². The molecule has 15 heavy (non-hydrogen) atoms. The molecule has 1 heterocycles. The zero-order valence-corrected chi connectivity index (χ0v) is 9.23. The Morgan fingerprint density at radius 2 is 2.40 bits per heavy atom. The Hall–Kier alpha value is -1.36.